The lowest BCUT2D eigenvalue weighted by Crippen LogP contribution is -2.43. The average Bonchev–Trinajstić information content (AvgIpc) is 3.39. The van der Waals surface area contributed by atoms with Crippen LogP contribution in [-0.2, 0) is 25.5 Å². The van der Waals surface area contributed by atoms with Crippen LogP contribution < -0.4 is 16.4 Å². The normalized spacial score (nSPS) is 28.7. The topological polar surface area (TPSA) is 207 Å². The Kier molecular flexibility index (Phi) is 7.66. The van der Waals surface area contributed by atoms with Crippen molar-refractivity contribution < 1.29 is 34.1 Å². The number of piperidine rings is 1. The van der Waals surface area contributed by atoms with Gasteiger partial charge in [0.05, 0.1) is 6.33 Å². The van der Waals surface area contributed by atoms with Crippen molar-refractivity contribution >= 4 is 34.9 Å². The molecule has 5 atom stereocenters. The fraction of sp³-hybridized carbons (Fsp3) is 0.692. The molecule has 5 heterocycles. The zero-order valence-corrected chi connectivity index (χ0v) is 22.6. The molecule has 3 saturated heterocycles. The van der Waals surface area contributed by atoms with Crippen molar-refractivity contribution in [2.45, 2.75) is 88.1 Å². The second kappa shape index (κ2) is 11.4. The molecule has 1 saturated carbocycles. The number of amides is 3. The highest BCUT2D eigenvalue weighted by atomic mass is 16.6. The number of likely N-dealkylation sites (tertiary alicyclic amines) is 1. The van der Waals surface area contributed by atoms with E-state index in [0.717, 1.165) is 38.5 Å². The van der Waals surface area contributed by atoms with Gasteiger partial charge in [0.1, 0.15) is 23.5 Å². The Labute approximate surface area is 235 Å². The summed E-state index contributed by atoms with van der Waals surface area (Å²) in [5.74, 6) is 0.459. The van der Waals surface area contributed by atoms with Crippen molar-refractivity contribution in [2.75, 3.05) is 25.4 Å². The van der Waals surface area contributed by atoms with Gasteiger partial charge in [0, 0.05) is 38.5 Å². The van der Waals surface area contributed by atoms with Gasteiger partial charge in [-0.15, -0.1) is 0 Å². The third-order valence-corrected chi connectivity index (χ3v) is 8.32. The zero-order valence-electron chi connectivity index (χ0n) is 22.6. The number of aryl methyl sites for hydroxylation is 1. The number of aliphatic hydroxyl groups is 2. The molecule has 1 aliphatic carbocycles. The summed E-state index contributed by atoms with van der Waals surface area (Å²) in [6.45, 7) is 1.70. The number of imidazole rings is 1. The van der Waals surface area contributed by atoms with Crippen molar-refractivity contribution in [3.8, 4) is 0 Å². The third kappa shape index (κ3) is 5.78. The first kappa shape index (κ1) is 27.6. The summed E-state index contributed by atoms with van der Waals surface area (Å²) in [5, 5.41) is 26.7. The lowest BCUT2D eigenvalue weighted by molar-refractivity contribution is -0.137. The number of carbonyl (C=O) groups excluding carboxylic acids is 3. The van der Waals surface area contributed by atoms with Gasteiger partial charge in [-0.2, -0.15) is 0 Å². The SMILES string of the molecule is Nc1nc(CCCC2CCN(C(=O)OC3CCNC3=O)CC2)nc2c1ncn2[C@@H]1O[C@H](C(=O)NC2CC2)[C@H](O)C1O. The van der Waals surface area contributed by atoms with Crippen LogP contribution in [0.15, 0.2) is 6.33 Å². The van der Waals surface area contributed by atoms with E-state index in [-0.39, 0.29) is 17.8 Å². The van der Waals surface area contributed by atoms with Crippen LogP contribution >= 0.6 is 0 Å². The summed E-state index contributed by atoms with van der Waals surface area (Å²) < 4.78 is 12.6. The van der Waals surface area contributed by atoms with Crippen molar-refractivity contribution in [1.82, 2.24) is 35.1 Å². The number of ether oxygens (including phenoxy) is 2. The first-order chi connectivity index (χ1) is 19.8. The molecule has 4 aliphatic rings. The van der Waals surface area contributed by atoms with E-state index in [4.69, 9.17) is 15.2 Å². The van der Waals surface area contributed by atoms with Gasteiger partial charge < -0.3 is 41.0 Å². The van der Waals surface area contributed by atoms with Gasteiger partial charge in [-0.3, -0.25) is 14.2 Å². The van der Waals surface area contributed by atoms with Crippen LogP contribution in [0.3, 0.4) is 0 Å². The van der Waals surface area contributed by atoms with Crippen molar-refractivity contribution in [3.05, 3.63) is 12.2 Å². The summed E-state index contributed by atoms with van der Waals surface area (Å²) in [5.41, 5.74) is 6.88. The molecule has 6 N–H and O–H groups in total. The number of nitrogens with zero attached hydrogens (tertiary/aromatic N) is 5. The molecule has 2 aromatic heterocycles. The number of nitrogen functional groups attached to an aromatic ring is 1. The predicted molar refractivity (Wildman–Crippen MR) is 142 cm³/mol. The zero-order chi connectivity index (χ0) is 28.7. The number of carbonyl (C=O) groups is 3. The first-order valence-corrected chi connectivity index (χ1v) is 14.3. The van der Waals surface area contributed by atoms with E-state index < -0.39 is 42.6 Å². The van der Waals surface area contributed by atoms with Crippen LogP contribution in [0.2, 0.25) is 0 Å². The molecule has 4 fully saturated rings. The fourth-order valence-corrected chi connectivity index (χ4v) is 5.73. The van der Waals surface area contributed by atoms with Crippen LogP contribution in [0, 0.1) is 5.92 Å². The summed E-state index contributed by atoms with van der Waals surface area (Å²) in [7, 11) is 0. The maximum Gasteiger partial charge on any atom is 0.410 e. The lowest BCUT2D eigenvalue weighted by Gasteiger charge is -2.31. The van der Waals surface area contributed by atoms with Gasteiger partial charge in [-0.1, -0.05) is 0 Å². The Morgan fingerprint density at radius 1 is 1.15 bits per heavy atom. The molecule has 0 aromatic carbocycles. The Morgan fingerprint density at radius 2 is 1.93 bits per heavy atom. The summed E-state index contributed by atoms with van der Waals surface area (Å²) in [4.78, 5) is 51.6. The minimum absolute atomic E-state index is 0.0917. The smallest absolute Gasteiger partial charge is 0.410 e. The van der Waals surface area contributed by atoms with E-state index in [2.05, 4.69) is 25.6 Å². The summed E-state index contributed by atoms with van der Waals surface area (Å²) >= 11 is 0. The van der Waals surface area contributed by atoms with E-state index in [1.54, 1.807) is 4.90 Å². The standard InChI is InChI=1S/C26H36N8O7/c27-21-17-22(34(12-29-17)25-19(36)18(35)20(41-25)24(38)30-14-4-5-14)32-16(31-21)3-1-2-13-7-10-33(11-8-13)26(39)40-15-6-9-28-23(15)37/h12-15,18-20,25,35-36H,1-11H2,(H,28,37)(H,30,38)(H2,27,31,32)/t15?,18-,19?,20+,25-/m1/s1. The molecule has 3 amide bonds. The van der Waals surface area contributed by atoms with Gasteiger partial charge in [-0.25, -0.2) is 19.7 Å². The van der Waals surface area contributed by atoms with Gasteiger partial charge >= 0.3 is 6.09 Å². The quantitative estimate of drug-likeness (QED) is 0.269. The first-order valence-electron chi connectivity index (χ1n) is 14.3. The number of nitrogens with two attached hydrogens (primary N) is 1. The number of hydrogen-bond acceptors (Lipinski definition) is 11. The van der Waals surface area contributed by atoms with E-state index >= 15 is 0 Å². The van der Waals surface area contributed by atoms with E-state index in [9.17, 15) is 24.6 Å². The van der Waals surface area contributed by atoms with Gasteiger partial charge in [0.15, 0.2) is 29.9 Å². The number of anilines is 1. The van der Waals surface area contributed by atoms with Gasteiger partial charge in [-0.05, 0) is 44.4 Å². The Balaban J connectivity index is 1.03. The molecule has 41 heavy (non-hydrogen) atoms. The number of aliphatic hydroxyl groups excluding tert-OH is 2. The molecule has 15 nitrogen and oxygen atoms in total. The minimum Gasteiger partial charge on any atom is -0.436 e. The van der Waals surface area contributed by atoms with Crippen molar-refractivity contribution in [1.29, 1.82) is 0 Å². The van der Waals surface area contributed by atoms with Crippen molar-refractivity contribution in [3.63, 3.8) is 0 Å². The number of rotatable bonds is 8. The van der Waals surface area contributed by atoms with Crippen LogP contribution in [0.1, 0.15) is 57.0 Å². The summed E-state index contributed by atoms with van der Waals surface area (Å²) in [6, 6.07) is 0.0917. The van der Waals surface area contributed by atoms with Crippen LogP contribution in [0.25, 0.3) is 11.2 Å². The second-order valence-corrected chi connectivity index (χ2v) is 11.3. The van der Waals surface area contributed by atoms with Crippen molar-refractivity contribution in [2.24, 2.45) is 5.92 Å². The highest BCUT2D eigenvalue weighted by Crippen LogP contribution is 2.33. The van der Waals surface area contributed by atoms with Gasteiger partial charge in [0.25, 0.3) is 11.8 Å². The van der Waals surface area contributed by atoms with Crippen LogP contribution in [0.4, 0.5) is 10.6 Å². The van der Waals surface area contributed by atoms with E-state index in [1.807, 2.05) is 0 Å². The lowest BCUT2D eigenvalue weighted by atomic mass is 9.91. The molecule has 0 radical (unpaired) electrons. The number of fused-ring (bicyclic) bond motifs is 1. The molecule has 0 spiro atoms. The number of hydrogen-bond donors (Lipinski definition) is 5. The molecule has 0 bridgehead atoms. The molecular formula is C26H36N8O7. The second-order valence-electron chi connectivity index (χ2n) is 11.3. The number of nitrogens with one attached hydrogen (secondary N) is 2. The maximum absolute atomic E-state index is 12.5. The molecule has 222 valence electrons. The third-order valence-electron chi connectivity index (χ3n) is 8.32. The largest absolute Gasteiger partial charge is 0.436 e. The monoisotopic (exact) mass is 572 g/mol. The highest BCUT2D eigenvalue weighted by molar-refractivity contribution is 5.85. The van der Waals surface area contributed by atoms with Gasteiger partial charge in [0.2, 0.25) is 0 Å². The molecule has 2 aromatic rings. The summed E-state index contributed by atoms with van der Waals surface area (Å²) in [6.07, 6.45) is 1.53. The molecule has 3 aliphatic heterocycles. The average molecular weight is 573 g/mol. The highest BCUT2D eigenvalue weighted by Gasteiger charge is 2.48. The predicted octanol–water partition coefficient (Wildman–Crippen LogP) is -0.634. The molecule has 15 heteroatoms. The molecule has 6 rings (SSSR count). The maximum atomic E-state index is 12.5. The molecule has 2 unspecified atom stereocenters. The van der Waals surface area contributed by atoms with Crippen LogP contribution in [0.5, 0.6) is 0 Å². The van der Waals surface area contributed by atoms with Crippen LogP contribution in [-0.4, -0.2) is 103 Å². The van der Waals surface area contributed by atoms with E-state index in [1.165, 1.54) is 10.9 Å². The Morgan fingerprint density at radius 3 is 2.63 bits per heavy atom. The minimum atomic E-state index is -1.40. The molecular weight excluding hydrogens is 536 g/mol. The fourth-order valence-electron chi connectivity index (χ4n) is 5.73. The number of aromatic nitrogens is 4. The van der Waals surface area contributed by atoms with E-state index in [0.29, 0.717) is 55.4 Å². The Hall–Kier alpha value is -3.56. The Bertz CT molecular complexity index is 1310.